The molecule has 0 saturated carbocycles. The van der Waals surface area contributed by atoms with Crippen LogP contribution in [0, 0.1) is 6.92 Å². The van der Waals surface area contributed by atoms with Crippen LogP contribution in [-0.2, 0) is 6.54 Å². The van der Waals surface area contributed by atoms with Crippen LogP contribution in [0.3, 0.4) is 0 Å². The van der Waals surface area contributed by atoms with E-state index in [-0.39, 0.29) is 0 Å². The number of hydrogen-bond donors (Lipinski definition) is 1. The molecular formula is C10H16N2S. The average molecular weight is 196 g/mol. The highest BCUT2D eigenvalue weighted by Crippen LogP contribution is 2.15. The predicted octanol–water partition coefficient (Wildman–Crippen LogP) is 2.16. The number of aryl methyl sites for hydroxylation is 1. The molecular weight excluding hydrogens is 180 g/mol. The van der Waals surface area contributed by atoms with E-state index in [2.05, 4.69) is 29.5 Å². The number of thiophene rings is 1. The molecule has 1 aliphatic rings. The van der Waals surface area contributed by atoms with Crippen molar-refractivity contribution in [2.45, 2.75) is 26.3 Å². The Hall–Kier alpha value is -0.380. The lowest BCUT2D eigenvalue weighted by Gasteiger charge is -2.15. The van der Waals surface area contributed by atoms with Gasteiger partial charge in [0, 0.05) is 29.4 Å². The Morgan fingerprint density at radius 2 is 2.15 bits per heavy atom. The fourth-order valence-electron chi connectivity index (χ4n) is 1.65. The molecule has 0 atom stereocenters. The number of rotatable bonds is 3. The summed E-state index contributed by atoms with van der Waals surface area (Å²) in [5, 5.41) is 2.33. The van der Waals surface area contributed by atoms with E-state index in [0.29, 0.717) is 0 Å². The highest BCUT2D eigenvalue weighted by Gasteiger charge is 2.10. The van der Waals surface area contributed by atoms with Crippen molar-refractivity contribution >= 4 is 11.3 Å². The van der Waals surface area contributed by atoms with Crippen LogP contribution < -0.4 is 5.43 Å². The Kier molecular flexibility index (Phi) is 2.98. The standard InChI is InChI=1S/C10H16N2S/c1-9-4-5-10(13-9)8-11-12-6-2-3-7-12/h4-5,11H,2-3,6-8H2,1H3. The lowest BCUT2D eigenvalue weighted by atomic mass is 10.4. The lowest BCUT2D eigenvalue weighted by Crippen LogP contribution is -2.34. The van der Waals surface area contributed by atoms with Gasteiger partial charge in [-0.15, -0.1) is 11.3 Å². The summed E-state index contributed by atoms with van der Waals surface area (Å²) in [7, 11) is 0. The van der Waals surface area contributed by atoms with E-state index in [1.165, 1.54) is 35.7 Å². The topological polar surface area (TPSA) is 15.3 Å². The first-order valence-electron chi connectivity index (χ1n) is 4.88. The summed E-state index contributed by atoms with van der Waals surface area (Å²) in [5.74, 6) is 0. The lowest BCUT2D eigenvalue weighted by molar-refractivity contribution is 0.233. The van der Waals surface area contributed by atoms with Gasteiger partial charge in [0.25, 0.3) is 0 Å². The maximum Gasteiger partial charge on any atom is 0.0447 e. The first-order valence-corrected chi connectivity index (χ1v) is 5.70. The molecule has 1 fully saturated rings. The molecule has 1 aliphatic heterocycles. The maximum atomic E-state index is 3.45. The summed E-state index contributed by atoms with van der Waals surface area (Å²) in [6.45, 7) is 5.58. The zero-order chi connectivity index (χ0) is 9.10. The molecule has 13 heavy (non-hydrogen) atoms. The summed E-state index contributed by atoms with van der Waals surface area (Å²) >= 11 is 1.88. The van der Waals surface area contributed by atoms with Gasteiger partial charge in [-0.1, -0.05) is 0 Å². The molecule has 0 spiro atoms. The summed E-state index contributed by atoms with van der Waals surface area (Å²) < 4.78 is 0. The normalized spacial score (nSPS) is 18.2. The minimum atomic E-state index is 0.999. The van der Waals surface area contributed by atoms with Crippen LogP contribution in [-0.4, -0.2) is 18.1 Å². The van der Waals surface area contributed by atoms with Gasteiger partial charge in [0.2, 0.25) is 0 Å². The molecule has 2 rings (SSSR count). The molecule has 0 aliphatic carbocycles. The third kappa shape index (κ3) is 2.53. The van der Waals surface area contributed by atoms with Crippen molar-refractivity contribution < 1.29 is 0 Å². The third-order valence-corrected chi connectivity index (χ3v) is 3.38. The summed E-state index contributed by atoms with van der Waals surface area (Å²) in [6.07, 6.45) is 2.69. The van der Waals surface area contributed by atoms with Crippen molar-refractivity contribution in [2.24, 2.45) is 0 Å². The van der Waals surface area contributed by atoms with Gasteiger partial charge in [0.05, 0.1) is 0 Å². The smallest absolute Gasteiger partial charge is 0.0447 e. The Balaban J connectivity index is 1.78. The van der Waals surface area contributed by atoms with Gasteiger partial charge in [-0.2, -0.15) is 0 Å². The summed E-state index contributed by atoms with van der Waals surface area (Å²) in [6, 6.07) is 4.40. The minimum absolute atomic E-state index is 0.999. The molecule has 1 saturated heterocycles. The van der Waals surface area contributed by atoms with Crippen molar-refractivity contribution in [3.05, 3.63) is 21.9 Å². The second-order valence-corrected chi connectivity index (χ2v) is 4.91. The Bertz CT molecular complexity index is 264. The predicted molar refractivity (Wildman–Crippen MR) is 56.7 cm³/mol. The summed E-state index contributed by atoms with van der Waals surface area (Å²) in [5.41, 5.74) is 3.45. The molecule has 2 nitrogen and oxygen atoms in total. The van der Waals surface area contributed by atoms with Gasteiger partial charge in [0.15, 0.2) is 0 Å². The SMILES string of the molecule is Cc1ccc(CNN2CCCC2)s1. The van der Waals surface area contributed by atoms with Crippen LogP contribution >= 0.6 is 11.3 Å². The fourth-order valence-corrected chi connectivity index (χ4v) is 2.47. The molecule has 0 unspecified atom stereocenters. The van der Waals surface area contributed by atoms with Gasteiger partial charge >= 0.3 is 0 Å². The Labute approximate surface area is 83.5 Å². The summed E-state index contributed by atoms with van der Waals surface area (Å²) in [4.78, 5) is 2.84. The van der Waals surface area contributed by atoms with Gasteiger partial charge < -0.3 is 0 Å². The van der Waals surface area contributed by atoms with Crippen LogP contribution in [0.1, 0.15) is 22.6 Å². The van der Waals surface area contributed by atoms with E-state index in [4.69, 9.17) is 0 Å². The number of hydrogen-bond acceptors (Lipinski definition) is 3. The minimum Gasteiger partial charge on any atom is -0.250 e. The number of hydrazine groups is 1. The van der Waals surface area contributed by atoms with Gasteiger partial charge in [-0.05, 0) is 31.9 Å². The zero-order valence-electron chi connectivity index (χ0n) is 8.05. The fraction of sp³-hybridized carbons (Fsp3) is 0.600. The van der Waals surface area contributed by atoms with E-state index in [1.807, 2.05) is 11.3 Å². The van der Waals surface area contributed by atoms with Crippen molar-refractivity contribution in [1.29, 1.82) is 0 Å². The van der Waals surface area contributed by atoms with Crippen LogP contribution in [0.4, 0.5) is 0 Å². The van der Waals surface area contributed by atoms with Crippen LogP contribution in [0.5, 0.6) is 0 Å². The largest absolute Gasteiger partial charge is 0.250 e. The molecule has 0 bridgehead atoms. The number of nitrogens with one attached hydrogen (secondary N) is 1. The average Bonchev–Trinajstić information content (AvgIpc) is 2.71. The third-order valence-electron chi connectivity index (χ3n) is 2.38. The van der Waals surface area contributed by atoms with E-state index >= 15 is 0 Å². The second kappa shape index (κ2) is 4.22. The molecule has 0 radical (unpaired) electrons. The van der Waals surface area contributed by atoms with Gasteiger partial charge in [-0.25, -0.2) is 10.4 Å². The molecule has 0 aromatic carbocycles. The van der Waals surface area contributed by atoms with Crippen molar-refractivity contribution in [2.75, 3.05) is 13.1 Å². The van der Waals surface area contributed by atoms with Gasteiger partial charge in [0.1, 0.15) is 0 Å². The zero-order valence-corrected chi connectivity index (χ0v) is 8.86. The van der Waals surface area contributed by atoms with Crippen molar-refractivity contribution in [3.63, 3.8) is 0 Å². The van der Waals surface area contributed by atoms with Crippen LogP contribution in [0.25, 0.3) is 0 Å². The second-order valence-electron chi connectivity index (χ2n) is 3.54. The van der Waals surface area contributed by atoms with Crippen molar-refractivity contribution in [3.8, 4) is 0 Å². The molecule has 0 amide bonds. The van der Waals surface area contributed by atoms with E-state index < -0.39 is 0 Å². The maximum absolute atomic E-state index is 3.45. The molecule has 1 aromatic rings. The molecule has 1 aromatic heterocycles. The molecule has 2 heterocycles. The van der Waals surface area contributed by atoms with Crippen LogP contribution in [0.2, 0.25) is 0 Å². The quantitative estimate of drug-likeness (QED) is 0.797. The Morgan fingerprint density at radius 1 is 1.38 bits per heavy atom. The van der Waals surface area contributed by atoms with Crippen LogP contribution in [0.15, 0.2) is 12.1 Å². The van der Waals surface area contributed by atoms with Crippen molar-refractivity contribution in [1.82, 2.24) is 10.4 Å². The first-order chi connectivity index (χ1) is 6.34. The van der Waals surface area contributed by atoms with E-state index in [0.717, 1.165) is 6.54 Å². The van der Waals surface area contributed by atoms with Gasteiger partial charge in [-0.3, -0.25) is 0 Å². The van der Waals surface area contributed by atoms with E-state index in [1.54, 1.807) is 0 Å². The molecule has 1 N–H and O–H groups in total. The van der Waals surface area contributed by atoms with E-state index in [9.17, 15) is 0 Å². The molecule has 72 valence electrons. The monoisotopic (exact) mass is 196 g/mol. The number of nitrogens with zero attached hydrogens (tertiary/aromatic N) is 1. The Morgan fingerprint density at radius 3 is 2.77 bits per heavy atom. The highest BCUT2D eigenvalue weighted by molar-refractivity contribution is 7.11. The molecule has 3 heteroatoms. The first kappa shape index (κ1) is 9.19. The highest BCUT2D eigenvalue weighted by atomic mass is 32.1.